The molecule has 0 unspecified atom stereocenters. The van der Waals surface area contributed by atoms with Gasteiger partial charge in [0.25, 0.3) is 11.8 Å². The number of hydrogen-bond donors (Lipinski definition) is 1. The lowest BCUT2D eigenvalue weighted by Gasteiger charge is -2.32. The maximum Gasteiger partial charge on any atom is 0.260 e. The third-order valence-electron chi connectivity index (χ3n) is 5.06. The smallest absolute Gasteiger partial charge is 0.260 e. The average molecular weight is 428 g/mol. The van der Waals surface area contributed by atoms with Crippen LogP contribution in [0.4, 0.5) is 0 Å². The lowest BCUT2D eigenvalue weighted by Crippen LogP contribution is -2.48. The van der Waals surface area contributed by atoms with Crippen molar-refractivity contribution in [2.45, 2.75) is 18.9 Å². The molecule has 0 atom stereocenters. The van der Waals surface area contributed by atoms with Gasteiger partial charge in [0.2, 0.25) is 0 Å². The number of nitrogens with one attached hydrogen (secondary N) is 1. The number of nitrogens with zero attached hydrogens (tertiary/aromatic N) is 1. The van der Waals surface area contributed by atoms with Crippen LogP contribution in [0.1, 0.15) is 12.8 Å². The van der Waals surface area contributed by atoms with Gasteiger partial charge in [-0.25, -0.2) is 0 Å². The summed E-state index contributed by atoms with van der Waals surface area (Å²) >= 11 is 0. The second-order valence-corrected chi connectivity index (χ2v) is 7.10. The Morgan fingerprint density at radius 2 is 1.32 bits per heavy atom. The highest BCUT2D eigenvalue weighted by Crippen LogP contribution is 2.26. The van der Waals surface area contributed by atoms with Crippen molar-refractivity contribution < 1.29 is 28.5 Å². The zero-order valence-corrected chi connectivity index (χ0v) is 17.8. The Morgan fingerprint density at radius 3 is 1.84 bits per heavy atom. The third-order valence-corrected chi connectivity index (χ3v) is 5.06. The molecule has 1 aliphatic rings. The first-order valence-electron chi connectivity index (χ1n) is 10.2. The molecule has 0 saturated carbocycles. The lowest BCUT2D eigenvalue weighted by molar-refractivity contribution is -0.134. The van der Waals surface area contributed by atoms with Gasteiger partial charge in [0.05, 0.1) is 14.2 Å². The molecule has 2 aromatic carbocycles. The van der Waals surface area contributed by atoms with E-state index in [4.69, 9.17) is 18.9 Å². The fraction of sp³-hybridized carbons (Fsp3) is 0.391. The minimum atomic E-state index is -0.199. The van der Waals surface area contributed by atoms with Crippen LogP contribution < -0.4 is 24.3 Å². The second-order valence-electron chi connectivity index (χ2n) is 7.10. The molecule has 1 saturated heterocycles. The molecule has 0 bridgehead atoms. The first kappa shape index (κ1) is 22.3. The Hall–Kier alpha value is -3.42. The summed E-state index contributed by atoms with van der Waals surface area (Å²) < 4.78 is 21.6. The molecule has 8 heteroatoms. The standard InChI is InChI=1S/C23H28N2O6/c1-28-18-7-3-5-9-20(18)30-15-22(26)24-17-11-13-25(14-12-17)23(27)16-31-21-10-6-4-8-19(21)29-2/h3-10,17H,11-16H2,1-2H3,(H,24,26). The van der Waals surface area contributed by atoms with E-state index >= 15 is 0 Å². The Balaban J connectivity index is 1.38. The topological polar surface area (TPSA) is 86.3 Å². The lowest BCUT2D eigenvalue weighted by atomic mass is 10.1. The van der Waals surface area contributed by atoms with Crippen LogP contribution in [0.3, 0.4) is 0 Å². The Bertz CT molecular complexity index is 880. The van der Waals surface area contributed by atoms with Crippen molar-refractivity contribution in [1.82, 2.24) is 10.2 Å². The number of methoxy groups -OCH3 is 2. The summed E-state index contributed by atoms with van der Waals surface area (Å²) in [5.74, 6) is 1.95. The second kappa shape index (κ2) is 11.1. The monoisotopic (exact) mass is 428 g/mol. The number of carbonyl (C=O) groups excluding carboxylic acids is 2. The van der Waals surface area contributed by atoms with E-state index < -0.39 is 0 Å². The van der Waals surface area contributed by atoms with Crippen LogP contribution in [0, 0.1) is 0 Å². The van der Waals surface area contributed by atoms with Crippen LogP contribution in [0.25, 0.3) is 0 Å². The molecule has 0 aliphatic carbocycles. The van der Waals surface area contributed by atoms with E-state index in [-0.39, 0.29) is 31.1 Å². The number of hydrogen-bond acceptors (Lipinski definition) is 6. The minimum absolute atomic E-state index is 0.00737. The van der Waals surface area contributed by atoms with Crippen molar-refractivity contribution in [3.8, 4) is 23.0 Å². The van der Waals surface area contributed by atoms with E-state index in [0.29, 0.717) is 48.9 Å². The molecule has 1 N–H and O–H groups in total. The first-order chi connectivity index (χ1) is 15.1. The summed E-state index contributed by atoms with van der Waals surface area (Å²) in [6.07, 6.45) is 1.36. The van der Waals surface area contributed by atoms with Crippen molar-refractivity contribution in [2.24, 2.45) is 0 Å². The first-order valence-corrected chi connectivity index (χ1v) is 10.2. The normalized spacial score (nSPS) is 13.9. The van der Waals surface area contributed by atoms with Gasteiger partial charge in [-0.15, -0.1) is 0 Å². The molecule has 2 amide bonds. The number of rotatable bonds is 9. The molecular formula is C23H28N2O6. The molecule has 166 valence electrons. The average Bonchev–Trinajstić information content (AvgIpc) is 2.82. The van der Waals surface area contributed by atoms with Gasteiger partial charge in [0, 0.05) is 19.1 Å². The highest BCUT2D eigenvalue weighted by molar-refractivity contribution is 5.79. The highest BCUT2D eigenvalue weighted by Gasteiger charge is 2.24. The maximum absolute atomic E-state index is 12.5. The van der Waals surface area contributed by atoms with Crippen LogP contribution in [-0.2, 0) is 9.59 Å². The number of likely N-dealkylation sites (tertiary alicyclic amines) is 1. The van der Waals surface area contributed by atoms with E-state index in [1.165, 1.54) is 0 Å². The van der Waals surface area contributed by atoms with E-state index in [1.54, 1.807) is 43.4 Å². The van der Waals surface area contributed by atoms with Crippen molar-refractivity contribution in [3.63, 3.8) is 0 Å². The number of benzene rings is 2. The third kappa shape index (κ3) is 6.28. The Labute approximate surface area is 182 Å². The zero-order chi connectivity index (χ0) is 22.1. The minimum Gasteiger partial charge on any atom is -0.493 e. The van der Waals surface area contributed by atoms with Gasteiger partial charge in [-0.1, -0.05) is 24.3 Å². The number of ether oxygens (including phenoxy) is 4. The largest absolute Gasteiger partial charge is 0.493 e. The fourth-order valence-electron chi connectivity index (χ4n) is 3.39. The predicted octanol–water partition coefficient (Wildman–Crippen LogP) is 2.27. The summed E-state index contributed by atoms with van der Waals surface area (Å²) in [6.45, 7) is 0.981. The van der Waals surface area contributed by atoms with Gasteiger partial charge in [0.15, 0.2) is 36.2 Å². The molecule has 1 heterocycles. The highest BCUT2D eigenvalue weighted by atomic mass is 16.5. The summed E-state index contributed by atoms with van der Waals surface area (Å²) in [4.78, 5) is 26.4. The molecule has 31 heavy (non-hydrogen) atoms. The van der Waals surface area contributed by atoms with Crippen LogP contribution in [0.2, 0.25) is 0 Å². The Morgan fingerprint density at radius 1 is 0.839 bits per heavy atom. The number of carbonyl (C=O) groups is 2. The van der Waals surface area contributed by atoms with Gasteiger partial charge in [-0.3, -0.25) is 9.59 Å². The van der Waals surface area contributed by atoms with Crippen molar-refractivity contribution in [3.05, 3.63) is 48.5 Å². The number of para-hydroxylation sites is 4. The van der Waals surface area contributed by atoms with Gasteiger partial charge in [0.1, 0.15) is 0 Å². The molecule has 1 aliphatic heterocycles. The van der Waals surface area contributed by atoms with E-state index in [0.717, 1.165) is 0 Å². The van der Waals surface area contributed by atoms with Crippen LogP contribution in [0.5, 0.6) is 23.0 Å². The van der Waals surface area contributed by atoms with Crippen LogP contribution in [0.15, 0.2) is 48.5 Å². The molecular weight excluding hydrogens is 400 g/mol. The van der Waals surface area contributed by atoms with Crippen molar-refractivity contribution in [1.29, 1.82) is 0 Å². The molecule has 0 aromatic heterocycles. The SMILES string of the molecule is COc1ccccc1OCC(=O)NC1CCN(C(=O)COc2ccccc2OC)CC1. The van der Waals surface area contributed by atoms with Gasteiger partial charge >= 0.3 is 0 Å². The molecule has 8 nitrogen and oxygen atoms in total. The maximum atomic E-state index is 12.5. The molecule has 2 aromatic rings. The van der Waals surface area contributed by atoms with E-state index in [9.17, 15) is 9.59 Å². The van der Waals surface area contributed by atoms with Gasteiger partial charge < -0.3 is 29.2 Å². The van der Waals surface area contributed by atoms with Crippen LogP contribution in [-0.4, -0.2) is 63.3 Å². The zero-order valence-electron chi connectivity index (χ0n) is 17.8. The number of piperidine rings is 1. The molecule has 1 fully saturated rings. The van der Waals surface area contributed by atoms with Crippen molar-refractivity contribution >= 4 is 11.8 Å². The summed E-state index contributed by atoms with van der Waals surface area (Å²) in [5, 5.41) is 2.97. The van der Waals surface area contributed by atoms with E-state index in [1.807, 2.05) is 24.3 Å². The molecule has 0 spiro atoms. The quantitative estimate of drug-likeness (QED) is 0.660. The Kier molecular flexibility index (Phi) is 7.98. The van der Waals surface area contributed by atoms with Crippen LogP contribution >= 0.6 is 0 Å². The molecule has 0 radical (unpaired) electrons. The summed E-state index contributed by atoms with van der Waals surface area (Å²) in [5.41, 5.74) is 0. The van der Waals surface area contributed by atoms with E-state index in [2.05, 4.69) is 5.32 Å². The fourth-order valence-corrected chi connectivity index (χ4v) is 3.39. The van der Waals surface area contributed by atoms with Gasteiger partial charge in [-0.05, 0) is 37.1 Å². The summed E-state index contributed by atoms with van der Waals surface area (Å²) in [7, 11) is 3.11. The van der Waals surface area contributed by atoms with Crippen molar-refractivity contribution in [2.75, 3.05) is 40.5 Å². The van der Waals surface area contributed by atoms with Gasteiger partial charge in [-0.2, -0.15) is 0 Å². The number of amides is 2. The summed E-state index contributed by atoms with van der Waals surface area (Å²) in [6, 6.07) is 14.4. The predicted molar refractivity (Wildman–Crippen MR) is 115 cm³/mol. The molecule has 3 rings (SSSR count).